The fourth-order valence-electron chi connectivity index (χ4n) is 2.28. The van der Waals surface area contributed by atoms with Gasteiger partial charge in [-0.15, -0.1) is 0 Å². The number of benzene rings is 1. The maximum absolute atomic E-state index is 11.9. The van der Waals surface area contributed by atoms with Crippen molar-refractivity contribution in [3.8, 4) is 0 Å². The third kappa shape index (κ3) is 3.50. The van der Waals surface area contributed by atoms with Crippen LogP contribution in [0.3, 0.4) is 0 Å². The molecular formula is C14H18O2S. The van der Waals surface area contributed by atoms with Crippen molar-refractivity contribution in [2.75, 3.05) is 5.75 Å². The molecule has 0 saturated heterocycles. The highest BCUT2D eigenvalue weighted by Gasteiger charge is 2.21. The predicted molar refractivity (Wildman–Crippen MR) is 70.7 cm³/mol. The molecule has 1 unspecified atom stereocenters. The fourth-order valence-corrected chi connectivity index (χ4v) is 3.86. The fraction of sp³-hybridized carbons (Fsp3) is 0.500. The van der Waals surface area contributed by atoms with Crippen molar-refractivity contribution in [2.45, 2.75) is 37.4 Å². The van der Waals surface area contributed by atoms with E-state index in [-0.39, 0.29) is 5.78 Å². The normalized spacial score (nSPS) is 18.1. The molecule has 1 atom stereocenters. The number of carbonyl (C=O) groups excluding carboxylic acids is 1. The first kappa shape index (κ1) is 12.5. The predicted octanol–water partition coefficient (Wildman–Crippen LogP) is 2.95. The van der Waals surface area contributed by atoms with E-state index in [9.17, 15) is 9.00 Å². The average molecular weight is 250 g/mol. The Labute approximate surface area is 105 Å². The molecule has 0 amide bonds. The van der Waals surface area contributed by atoms with Gasteiger partial charge in [-0.3, -0.25) is 9.00 Å². The van der Waals surface area contributed by atoms with Crippen LogP contribution in [0.15, 0.2) is 30.3 Å². The summed E-state index contributed by atoms with van der Waals surface area (Å²) in [7, 11) is -0.811. The van der Waals surface area contributed by atoms with E-state index in [0.29, 0.717) is 17.4 Å². The summed E-state index contributed by atoms with van der Waals surface area (Å²) >= 11 is 0. The van der Waals surface area contributed by atoms with Crippen LogP contribution in [-0.2, 0) is 10.8 Å². The second-order valence-electron chi connectivity index (χ2n) is 4.53. The first-order chi connectivity index (χ1) is 8.27. The van der Waals surface area contributed by atoms with Crippen LogP contribution in [0.25, 0.3) is 0 Å². The second kappa shape index (κ2) is 6.10. The first-order valence-corrected chi connectivity index (χ1v) is 7.61. The molecule has 1 aromatic carbocycles. The lowest BCUT2D eigenvalue weighted by atomic mass is 10.1. The summed E-state index contributed by atoms with van der Waals surface area (Å²) in [6.45, 7) is 0. The van der Waals surface area contributed by atoms with Crippen molar-refractivity contribution in [3.63, 3.8) is 0 Å². The van der Waals surface area contributed by atoms with E-state index in [1.807, 2.05) is 30.3 Å². The highest BCUT2D eigenvalue weighted by molar-refractivity contribution is 7.85. The van der Waals surface area contributed by atoms with Gasteiger partial charge in [0.05, 0.1) is 0 Å². The summed E-state index contributed by atoms with van der Waals surface area (Å²) in [5.74, 6) is 0.634. The minimum absolute atomic E-state index is 0.108. The summed E-state index contributed by atoms with van der Waals surface area (Å²) in [5.41, 5.74) is 0.732. The molecule has 0 spiro atoms. The number of carbonyl (C=O) groups is 1. The Kier molecular flexibility index (Phi) is 4.49. The van der Waals surface area contributed by atoms with E-state index in [1.165, 1.54) is 12.8 Å². The molecule has 1 aliphatic carbocycles. The van der Waals surface area contributed by atoms with Crippen LogP contribution in [0.1, 0.15) is 42.5 Å². The molecule has 0 N–H and O–H groups in total. The van der Waals surface area contributed by atoms with Crippen LogP contribution in [0.2, 0.25) is 0 Å². The number of ketones is 1. The van der Waals surface area contributed by atoms with Crippen molar-refractivity contribution in [1.29, 1.82) is 0 Å². The lowest BCUT2D eigenvalue weighted by molar-refractivity contribution is 0.0989. The smallest absolute Gasteiger partial charge is 0.163 e. The Morgan fingerprint density at radius 1 is 1.18 bits per heavy atom. The zero-order chi connectivity index (χ0) is 12.1. The number of hydrogen-bond acceptors (Lipinski definition) is 2. The quantitative estimate of drug-likeness (QED) is 0.753. The van der Waals surface area contributed by atoms with Crippen molar-refractivity contribution in [3.05, 3.63) is 35.9 Å². The molecule has 2 rings (SSSR count). The third-order valence-corrected chi connectivity index (χ3v) is 5.12. The Balaban J connectivity index is 1.82. The van der Waals surface area contributed by atoms with Gasteiger partial charge in [0.25, 0.3) is 0 Å². The van der Waals surface area contributed by atoms with Crippen LogP contribution in [0, 0.1) is 0 Å². The van der Waals surface area contributed by atoms with Gasteiger partial charge in [-0.2, -0.15) is 0 Å². The first-order valence-electron chi connectivity index (χ1n) is 6.23. The Hall–Kier alpha value is -0.960. The van der Waals surface area contributed by atoms with Crippen LogP contribution in [0.4, 0.5) is 0 Å². The lowest BCUT2D eigenvalue weighted by Crippen LogP contribution is -2.16. The van der Waals surface area contributed by atoms with Crippen molar-refractivity contribution < 1.29 is 9.00 Å². The Morgan fingerprint density at radius 2 is 1.82 bits per heavy atom. The molecule has 3 heteroatoms. The maximum Gasteiger partial charge on any atom is 0.163 e. The molecule has 1 fully saturated rings. The van der Waals surface area contributed by atoms with Crippen molar-refractivity contribution >= 4 is 16.6 Å². The lowest BCUT2D eigenvalue weighted by Gasteiger charge is -2.08. The topological polar surface area (TPSA) is 34.1 Å². The van der Waals surface area contributed by atoms with E-state index in [0.717, 1.165) is 18.4 Å². The second-order valence-corrected chi connectivity index (χ2v) is 6.37. The molecule has 2 nitrogen and oxygen atoms in total. The van der Waals surface area contributed by atoms with E-state index in [1.54, 1.807) is 0 Å². The van der Waals surface area contributed by atoms with E-state index in [2.05, 4.69) is 0 Å². The van der Waals surface area contributed by atoms with Crippen LogP contribution in [0.5, 0.6) is 0 Å². The number of rotatable bonds is 5. The van der Waals surface area contributed by atoms with E-state index in [4.69, 9.17) is 0 Å². The zero-order valence-electron chi connectivity index (χ0n) is 9.93. The third-order valence-electron chi connectivity index (χ3n) is 3.30. The minimum Gasteiger partial charge on any atom is -0.294 e. The van der Waals surface area contributed by atoms with Crippen LogP contribution < -0.4 is 0 Å². The Morgan fingerprint density at radius 3 is 2.47 bits per heavy atom. The molecule has 0 aromatic heterocycles. The summed E-state index contributed by atoms with van der Waals surface area (Å²) in [6, 6.07) is 9.26. The van der Waals surface area contributed by atoms with Crippen LogP contribution >= 0.6 is 0 Å². The summed E-state index contributed by atoms with van der Waals surface area (Å²) < 4.78 is 11.9. The Bertz CT molecular complexity index is 394. The highest BCUT2D eigenvalue weighted by atomic mass is 32.2. The van der Waals surface area contributed by atoms with Gasteiger partial charge in [-0.1, -0.05) is 43.2 Å². The molecule has 1 aromatic rings. The van der Waals surface area contributed by atoms with E-state index < -0.39 is 10.8 Å². The molecule has 0 bridgehead atoms. The SMILES string of the molecule is O=C(CCS(=O)C1CCCC1)c1ccccc1. The molecule has 1 saturated carbocycles. The zero-order valence-corrected chi connectivity index (χ0v) is 10.7. The summed E-state index contributed by atoms with van der Waals surface area (Å²) in [4.78, 5) is 11.8. The number of Topliss-reactive ketones (excluding diaryl/α,β-unsaturated/α-hetero) is 1. The standard InChI is InChI=1S/C14H18O2S/c15-14(12-6-2-1-3-7-12)10-11-17(16)13-8-4-5-9-13/h1-3,6-7,13H,4-5,8-11H2. The summed E-state index contributed by atoms with van der Waals surface area (Å²) in [6.07, 6.45) is 4.96. The highest BCUT2D eigenvalue weighted by Crippen LogP contribution is 2.23. The molecular weight excluding hydrogens is 232 g/mol. The molecule has 17 heavy (non-hydrogen) atoms. The van der Waals surface area contributed by atoms with Gasteiger partial charge >= 0.3 is 0 Å². The maximum atomic E-state index is 11.9. The van der Waals surface area contributed by atoms with Gasteiger partial charge in [0.2, 0.25) is 0 Å². The van der Waals surface area contributed by atoms with Crippen molar-refractivity contribution in [1.82, 2.24) is 0 Å². The van der Waals surface area contributed by atoms with Gasteiger partial charge in [0, 0.05) is 33.8 Å². The summed E-state index contributed by atoms with van der Waals surface area (Å²) in [5, 5.41) is 0.346. The minimum atomic E-state index is -0.811. The van der Waals surface area contributed by atoms with Gasteiger partial charge in [0.1, 0.15) is 0 Å². The monoisotopic (exact) mass is 250 g/mol. The number of hydrogen-bond donors (Lipinski definition) is 0. The van der Waals surface area contributed by atoms with Crippen molar-refractivity contribution in [2.24, 2.45) is 0 Å². The molecule has 0 heterocycles. The van der Waals surface area contributed by atoms with Gasteiger partial charge in [-0.05, 0) is 12.8 Å². The van der Waals surface area contributed by atoms with E-state index >= 15 is 0 Å². The van der Waals surface area contributed by atoms with Gasteiger partial charge in [0.15, 0.2) is 5.78 Å². The average Bonchev–Trinajstić information content (AvgIpc) is 2.90. The molecule has 0 aliphatic heterocycles. The molecule has 1 aliphatic rings. The van der Waals surface area contributed by atoms with Gasteiger partial charge < -0.3 is 0 Å². The molecule has 0 radical (unpaired) electrons. The van der Waals surface area contributed by atoms with Gasteiger partial charge in [-0.25, -0.2) is 0 Å². The largest absolute Gasteiger partial charge is 0.294 e. The molecule has 92 valence electrons. The van der Waals surface area contributed by atoms with Crippen LogP contribution in [-0.4, -0.2) is 21.0 Å².